The molecule has 0 radical (unpaired) electrons. The van der Waals surface area contributed by atoms with Crippen molar-refractivity contribution in [1.29, 1.82) is 0 Å². The van der Waals surface area contributed by atoms with E-state index in [9.17, 15) is 9.59 Å². The first-order valence-corrected chi connectivity index (χ1v) is 8.24. The van der Waals surface area contributed by atoms with E-state index in [0.29, 0.717) is 17.1 Å². The van der Waals surface area contributed by atoms with Crippen LogP contribution in [0.4, 0.5) is 11.4 Å². The zero-order chi connectivity index (χ0) is 17.1. The molecule has 6 nitrogen and oxygen atoms in total. The molecule has 0 atom stereocenters. The molecule has 2 heterocycles. The van der Waals surface area contributed by atoms with Crippen LogP contribution in [0, 0.1) is 13.8 Å². The molecule has 0 unspecified atom stereocenters. The van der Waals surface area contributed by atoms with Crippen LogP contribution in [0.25, 0.3) is 0 Å². The molecule has 0 aliphatic carbocycles. The number of carbonyl (C=O) groups is 1. The van der Waals surface area contributed by atoms with Crippen molar-refractivity contribution in [3.63, 3.8) is 0 Å². The number of aryl methyl sites for hydroxylation is 2. The van der Waals surface area contributed by atoms with Crippen LogP contribution in [0.2, 0.25) is 0 Å². The van der Waals surface area contributed by atoms with E-state index < -0.39 is 0 Å². The van der Waals surface area contributed by atoms with E-state index in [0.717, 1.165) is 18.8 Å². The Morgan fingerprint density at radius 3 is 2.50 bits per heavy atom. The third-order valence-corrected chi connectivity index (χ3v) is 4.30. The summed E-state index contributed by atoms with van der Waals surface area (Å²) in [7, 11) is 0. The summed E-state index contributed by atoms with van der Waals surface area (Å²) in [6.45, 7) is 5.65. The summed E-state index contributed by atoms with van der Waals surface area (Å²) in [5.41, 5.74) is 2.67. The lowest BCUT2D eigenvalue weighted by Gasteiger charge is -2.17. The topological polar surface area (TPSA) is 78.1 Å². The molecule has 2 aromatic rings. The van der Waals surface area contributed by atoms with Gasteiger partial charge in [0.25, 0.3) is 5.56 Å². The maximum absolute atomic E-state index is 12.2. The fourth-order valence-electron chi connectivity index (χ4n) is 3.06. The minimum absolute atomic E-state index is 0.0162. The molecule has 1 aromatic heterocycles. The zero-order valence-electron chi connectivity index (χ0n) is 14.1. The Kier molecular flexibility index (Phi) is 4.64. The van der Waals surface area contributed by atoms with Gasteiger partial charge in [0, 0.05) is 35.7 Å². The molecule has 1 amide bonds. The number of nitrogens with zero attached hydrogens (tertiary/aromatic N) is 2. The van der Waals surface area contributed by atoms with Crippen molar-refractivity contribution in [2.75, 3.05) is 23.3 Å². The summed E-state index contributed by atoms with van der Waals surface area (Å²) >= 11 is 0. The van der Waals surface area contributed by atoms with Gasteiger partial charge in [-0.3, -0.25) is 9.59 Å². The van der Waals surface area contributed by atoms with E-state index in [2.05, 4.69) is 20.2 Å². The van der Waals surface area contributed by atoms with Crippen molar-refractivity contribution in [3.8, 4) is 0 Å². The van der Waals surface area contributed by atoms with Crippen LogP contribution < -0.4 is 15.8 Å². The van der Waals surface area contributed by atoms with Gasteiger partial charge in [-0.25, -0.2) is 4.98 Å². The zero-order valence-corrected chi connectivity index (χ0v) is 14.1. The van der Waals surface area contributed by atoms with Gasteiger partial charge in [0.15, 0.2) is 0 Å². The van der Waals surface area contributed by atoms with Gasteiger partial charge in [-0.2, -0.15) is 0 Å². The van der Waals surface area contributed by atoms with Crippen molar-refractivity contribution in [2.45, 2.75) is 33.1 Å². The lowest BCUT2D eigenvalue weighted by Crippen LogP contribution is -2.24. The average molecular weight is 326 g/mol. The molecule has 0 spiro atoms. The van der Waals surface area contributed by atoms with Gasteiger partial charge in [-0.1, -0.05) is 0 Å². The highest BCUT2D eigenvalue weighted by Gasteiger charge is 2.14. The lowest BCUT2D eigenvalue weighted by atomic mass is 10.1. The number of aromatic amines is 1. The highest BCUT2D eigenvalue weighted by atomic mass is 16.2. The molecule has 24 heavy (non-hydrogen) atoms. The third-order valence-electron chi connectivity index (χ3n) is 4.30. The van der Waals surface area contributed by atoms with E-state index in [1.807, 2.05) is 24.3 Å². The molecule has 1 saturated heterocycles. The van der Waals surface area contributed by atoms with Crippen LogP contribution in [0.15, 0.2) is 29.1 Å². The summed E-state index contributed by atoms with van der Waals surface area (Å²) in [6.07, 6.45) is 2.48. The smallest absolute Gasteiger partial charge is 0.254 e. The van der Waals surface area contributed by atoms with Gasteiger partial charge in [0.05, 0.1) is 6.42 Å². The van der Waals surface area contributed by atoms with Crippen LogP contribution in [0.3, 0.4) is 0 Å². The Morgan fingerprint density at radius 1 is 1.21 bits per heavy atom. The van der Waals surface area contributed by atoms with Gasteiger partial charge < -0.3 is 15.2 Å². The molecule has 0 saturated carbocycles. The summed E-state index contributed by atoms with van der Waals surface area (Å²) in [4.78, 5) is 33.4. The summed E-state index contributed by atoms with van der Waals surface area (Å²) in [5.74, 6) is 0.335. The van der Waals surface area contributed by atoms with E-state index in [4.69, 9.17) is 0 Å². The number of H-pyrrole nitrogens is 1. The predicted octanol–water partition coefficient (Wildman–Crippen LogP) is 2.17. The van der Waals surface area contributed by atoms with Crippen molar-refractivity contribution >= 4 is 17.3 Å². The van der Waals surface area contributed by atoms with Crippen molar-refractivity contribution < 1.29 is 4.79 Å². The highest BCUT2D eigenvalue weighted by molar-refractivity contribution is 5.92. The van der Waals surface area contributed by atoms with Gasteiger partial charge in [-0.05, 0) is 51.0 Å². The van der Waals surface area contributed by atoms with E-state index in [1.54, 1.807) is 13.8 Å². The number of anilines is 2. The number of amides is 1. The quantitative estimate of drug-likeness (QED) is 0.902. The molecule has 2 N–H and O–H groups in total. The molecule has 1 aliphatic heterocycles. The van der Waals surface area contributed by atoms with E-state index in [1.165, 1.54) is 18.5 Å². The van der Waals surface area contributed by atoms with Crippen molar-refractivity contribution in [2.24, 2.45) is 0 Å². The molecular formula is C18H22N4O2. The molecule has 1 aromatic carbocycles. The highest BCUT2D eigenvalue weighted by Crippen LogP contribution is 2.22. The molecular weight excluding hydrogens is 304 g/mol. The Balaban J connectivity index is 1.66. The second-order valence-corrected chi connectivity index (χ2v) is 6.18. The van der Waals surface area contributed by atoms with Crippen LogP contribution in [0.5, 0.6) is 0 Å². The van der Waals surface area contributed by atoms with Gasteiger partial charge in [0.1, 0.15) is 5.82 Å². The monoisotopic (exact) mass is 326 g/mol. The Hall–Kier alpha value is -2.63. The second-order valence-electron chi connectivity index (χ2n) is 6.18. The lowest BCUT2D eigenvalue weighted by molar-refractivity contribution is -0.115. The maximum Gasteiger partial charge on any atom is 0.254 e. The van der Waals surface area contributed by atoms with Crippen LogP contribution in [0.1, 0.15) is 29.9 Å². The number of nitrogens with one attached hydrogen (secondary N) is 2. The molecule has 3 rings (SSSR count). The number of aromatic nitrogens is 2. The third kappa shape index (κ3) is 3.64. The normalized spacial score (nSPS) is 14.0. The van der Waals surface area contributed by atoms with Crippen LogP contribution in [-0.4, -0.2) is 29.0 Å². The van der Waals surface area contributed by atoms with E-state index >= 15 is 0 Å². The van der Waals surface area contributed by atoms with Gasteiger partial charge in [-0.15, -0.1) is 0 Å². The average Bonchev–Trinajstić information content (AvgIpc) is 3.06. The van der Waals surface area contributed by atoms with Crippen LogP contribution in [-0.2, 0) is 11.2 Å². The number of benzene rings is 1. The molecule has 126 valence electrons. The van der Waals surface area contributed by atoms with Crippen molar-refractivity contribution in [3.05, 3.63) is 51.7 Å². The Labute approximate surface area is 140 Å². The van der Waals surface area contributed by atoms with Gasteiger partial charge in [0.2, 0.25) is 5.91 Å². The van der Waals surface area contributed by atoms with Gasteiger partial charge >= 0.3 is 0 Å². The fourth-order valence-corrected chi connectivity index (χ4v) is 3.06. The first-order valence-electron chi connectivity index (χ1n) is 8.24. The molecule has 6 heteroatoms. The Bertz CT molecular complexity index is 790. The summed E-state index contributed by atoms with van der Waals surface area (Å²) in [6, 6.07) is 7.84. The number of rotatable bonds is 4. The predicted molar refractivity (Wildman–Crippen MR) is 94.6 cm³/mol. The first kappa shape index (κ1) is 16.2. The first-order chi connectivity index (χ1) is 11.5. The number of hydrogen-bond donors (Lipinski definition) is 2. The maximum atomic E-state index is 12.2. The molecule has 1 aliphatic rings. The largest absolute Gasteiger partial charge is 0.372 e. The SMILES string of the molecule is Cc1nc(C)c(CC(=O)Nc2ccc(N3CCCC3)cc2)c(=O)[nH]1. The second kappa shape index (κ2) is 6.86. The van der Waals surface area contributed by atoms with Crippen LogP contribution >= 0.6 is 0 Å². The standard InChI is InChI=1S/C18H22N4O2/c1-12-16(18(24)20-13(2)19-12)11-17(23)21-14-5-7-15(8-6-14)22-9-3-4-10-22/h5-8H,3-4,9-11H2,1-2H3,(H,21,23)(H,19,20,24). The number of carbonyl (C=O) groups excluding carboxylic acids is 1. The molecule has 0 bridgehead atoms. The molecule has 1 fully saturated rings. The summed E-state index contributed by atoms with van der Waals surface area (Å²) < 4.78 is 0. The van der Waals surface area contributed by atoms with Crippen molar-refractivity contribution in [1.82, 2.24) is 9.97 Å². The summed E-state index contributed by atoms with van der Waals surface area (Å²) in [5, 5.41) is 2.84. The minimum atomic E-state index is -0.250. The minimum Gasteiger partial charge on any atom is -0.372 e. The van der Waals surface area contributed by atoms with E-state index in [-0.39, 0.29) is 17.9 Å². The number of hydrogen-bond acceptors (Lipinski definition) is 4. The fraction of sp³-hybridized carbons (Fsp3) is 0.389. The Morgan fingerprint density at radius 2 is 1.88 bits per heavy atom.